The van der Waals surface area contributed by atoms with Gasteiger partial charge in [0.05, 0.1) is 11.1 Å². The summed E-state index contributed by atoms with van der Waals surface area (Å²) >= 11 is 5.45. The van der Waals surface area contributed by atoms with E-state index in [2.05, 4.69) is 31.5 Å². The molecule has 0 saturated heterocycles. The van der Waals surface area contributed by atoms with Crippen molar-refractivity contribution in [2.24, 2.45) is 17.3 Å². The minimum atomic E-state index is -0.237. The first kappa shape index (κ1) is 19.2. The van der Waals surface area contributed by atoms with E-state index in [1.165, 1.54) is 37.5 Å². The van der Waals surface area contributed by atoms with Crippen LogP contribution in [0.2, 0.25) is 0 Å². The zero-order valence-electron chi connectivity index (χ0n) is 16.3. The number of hydrogen-bond donors (Lipinski definition) is 2. The van der Waals surface area contributed by atoms with Crippen molar-refractivity contribution in [3.63, 3.8) is 0 Å². The van der Waals surface area contributed by atoms with Crippen molar-refractivity contribution in [3.05, 3.63) is 29.6 Å². The number of carbonyl (C=O) groups excluding carboxylic acids is 2. The summed E-state index contributed by atoms with van der Waals surface area (Å²) in [6, 6.07) is 7.58. The molecule has 4 aliphatic carbocycles. The zero-order valence-corrected chi connectivity index (χ0v) is 18.7. The summed E-state index contributed by atoms with van der Waals surface area (Å²) in [4.78, 5) is 29.1. The van der Waals surface area contributed by atoms with E-state index in [0.29, 0.717) is 17.0 Å². The number of carbonyl (C=O) groups is 2. The van der Waals surface area contributed by atoms with Crippen LogP contribution in [0, 0.1) is 17.3 Å². The molecule has 4 saturated carbocycles. The molecule has 2 amide bonds. The number of anilines is 2. The number of nitrogens with one attached hydrogen (secondary N) is 2. The van der Waals surface area contributed by atoms with Crippen molar-refractivity contribution in [3.8, 4) is 11.3 Å². The maximum atomic E-state index is 13.3. The average molecular weight is 474 g/mol. The molecule has 1 aromatic heterocycles. The van der Waals surface area contributed by atoms with Crippen molar-refractivity contribution in [1.82, 2.24) is 4.98 Å². The van der Waals surface area contributed by atoms with E-state index in [9.17, 15) is 9.59 Å². The van der Waals surface area contributed by atoms with Crippen LogP contribution >= 0.6 is 27.3 Å². The van der Waals surface area contributed by atoms with Crippen molar-refractivity contribution < 1.29 is 9.59 Å². The topological polar surface area (TPSA) is 71.1 Å². The molecular weight excluding hydrogens is 450 g/mol. The normalized spacial score (nSPS) is 32.2. The van der Waals surface area contributed by atoms with Gasteiger partial charge in [-0.3, -0.25) is 9.59 Å². The van der Waals surface area contributed by atoms with E-state index in [-0.39, 0.29) is 21.6 Å². The van der Waals surface area contributed by atoms with Gasteiger partial charge in [-0.25, -0.2) is 4.98 Å². The van der Waals surface area contributed by atoms with Gasteiger partial charge in [0.15, 0.2) is 5.13 Å². The van der Waals surface area contributed by atoms with Crippen LogP contribution in [-0.2, 0) is 9.59 Å². The van der Waals surface area contributed by atoms with Crippen molar-refractivity contribution in [2.45, 2.75) is 49.8 Å². The lowest BCUT2D eigenvalue weighted by atomic mass is 9.49. The molecule has 0 spiro atoms. The highest BCUT2D eigenvalue weighted by Crippen LogP contribution is 2.64. The first-order valence-corrected chi connectivity index (χ1v) is 11.8. The monoisotopic (exact) mass is 473 g/mol. The van der Waals surface area contributed by atoms with Gasteiger partial charge in [-0.2, -0.15) is 0 Å². The molecule has 152 valence electrons. The Bertz CT molecular complexity index is 957. The summed E-state index contributed by atoms with van der Waals surface area (Å²) in [5.74, 6) is 1.41. The Hall–Kier alpha value is -1.73. The van der Waals surface area contributed by atoms with Gasteiger partial charge in [-0.15, -0.1) is 11.3 Å². The molecule has 2 atom stereocenters. The summed E-state index contributed by atoms with van der Waals surface area (Å²) < 4.78 is 0.165. The minimum absolute atomic E-state index is 0.0913. The molecule has 1 aromatic carbocycles. The largest absolute Gasteiger partial charge is 0.326 e. The Morgan fingerprint density at radius 3 is 2.41 bits per heavy atom. The number of aromatic nitrogens is 1. The van der Waals surface area contributed by atoms with Gasteiger partial charge >= 0.3 is 0 Å². The van der Waals surface area contributed by atoms with Crippen LogP contribution in [0.1, 0.15) is 45.4 Å². The number of amides is 2. The zero-order chi connectivity index (χ0) is 20.2. The number of benzene rings is 1. The van der Waals surface area contributed by atoms with Crippen LogP contribution in [-0.4, -0.2) is 21.1 Å². The Kier molecular flexibility index (Phi) is 4.59. The fourth-order valence-corrected chi connectivity index (χ4v) is 8.20. The molecule has 4 fully saturated rings. The number of halogens is 1. The smallest absolute Gasteiger partial charge is 0.232 e. The molecule has 5 nitrogen and oxygen atoms in total. The molecule has 7 heteroatoms. The van der Waals surface area contributed by atoms with Crippen LogP contribution in [0.25, 0.3) is 11.3 Å². The van der Waals surface area contributed by atoms with E-state index in [1.807, 2.05) is 29.6 Å². The molecule has 0 aliphatic heterocycles. The highest BCUT2D eigenvalue weighted by molar-refractivity contribution is 9.10. The Morgan fingerprint density at radius 2 is 1.79 bits per heavy atom. The third-order valence-corrected chi connectivity index (χ3v) is 8.38. The van der Waals surface area contributed by atoms with E-state index in [4.69, 9.17) is 0 Å². The van der Waals surface area contributed by atoms with E-state index in [0.717, 1.165) is 36.2 Å². The van der Waals surface area contributed by atoms with Crippen molar-refractivity contribution in [1.29, 1.82) is 0 Å². The van der Waals surface area contributed by atoms with Crippen molar-refractivity contribution >= 4 is 49.9 Å². The Balaban J connectivity index is 1.30. The number of nitrogens with zero attached hydrogens (tertiary/aromatic N) is 1. The van der Waals surface area contributed by atoms with Crippen LogP contribution in [0.5, 0.6) is 0 Å². The van der Waals surface area contributed by atoms with Gasteiger partial charge in [0.25, 0.3) is 0 Å². The fourth-order valence-electron chi connectivity index (χ4n) is 6.04. The van der Waals surface area contributed by atoms with Gasteiger partial charge in [-0.1, -0.05) is 28.1 Å². The second-order valence-electron chi connectivity index (χ2n) is 9.14. The first-order chi connectivity index (χ1) is 13.8. The minimum Gasteiger partial charge on any atom is -0.326 e. The summed E-state index contributed by atoms with van der Waals surface area (Å²) in [5.41, 5.74) is 2.32. The summed E-state index contributed by atoms with van der Waals surface area (Å²) in [7, 11) is 0. The predicted octanol–water partition coefficient (Wildman–Crippen LogP) is 5.44. The first-order valence-electron chi connectivity index (χ1n) is 10.2. The van der Waals surface area contributed by atoms with E-state index >= 15 is 0 Å². The second-order valence-corrected chi connectivity index (χ2v) is 11.7. The van der Waals surface area contributed by atoms with Gasteiger partial charge in [0.2, 0.25) is 11.8 Å². The predicted molar refractivity (Wildman–Crippen MR) is 119 cm³/mol. The van der Waals surface area contributed by atoms with Crippen LogP contribution in [0.3, 0.4) is 0 Å². The standard InChI is InChI=1S/C22H24BrN3O2S/c1-13(27)24-17-4-2-16(3-5-17)18-11-29-20(25-18)26-19(28)21-7-14-6-15(8-21)10-22(23,9-14)12-21/h2-5,11,14-15H,6-10,12H2,1H3,(H,24,27)(H,25,26,28). The fraction of sp³-hybridized carbons (Fsp3) is 0.500. The molecule has 4 bridgehead atoms. The molecule has 6 rings (SSSR count). The summed E-state index contributed by atoms with van der Waals surface area (Å²) in [5, 5.41) is 8.53. The molecule has 1 heterocycles. The Labute approximate surface area is 182 Å². The van der Waals surface area contributed by atoms with Crippen LogP contribution < -0.4 is 10.6 Å². The van der Waals surface area contributed by atoms with Crippen LogP contribution in [0.4, 0.5) is 10.8 Å². The van der Waals surface area contributed by atoms with Gasteiger partial charge in [0, 0.05) is 27.9 Å². The third kappa shape index (κ3) is 3.63. The number of alkyl halides is 1. The van der Waals surface area contributed by atoms with Crippen molar-refractivity contribution in [2.75, 3.05) is 10.6 Å². The SMILES string of the molecule is CC(=O)Nc1ccc(-c2csc(NC(=O)C34CC5CC(CC(Br)(C5)C3)C4)n2)cc1. The summed E-state index contributed by atoms with van der Waals surface area (Å²) in [6.07, 6.45) is 6.71. The molecule has 2 N–H and O–H groups in total. The van der Waals surface area contributed by atoms with E-state index < -0.39 is 0 Å². The third-order valence-electron chi connectivity index (χ3n) is 6.70. The average Bonchev–Trinajstić information content (AvgIpc) is 3.08. The summed E-state index contributed by atoms with van der Waals surface area (Å²) in [6.45, 7) is 1.49. The molecule has 4 aliphatic rings. The lowest BCUT2D eigenvalue weighted by Gasteiger charge is -2.59. The maximum absolute atomic E-state index is 13.3. The molecule has 2 aromatic rings. The number of hydrogen-bond acceptors (Lipinski definition) is 4. The lowest BCUT2D eigenvalue weighted by Crippen LogP contribution is -2.57. The molecule has 0 radical (unpaired) electrons. The Morgan fingerprint density at radius 1 is 1.10 bits per heavy atom. The maximum Gasteiger partial charge on any atom is 0.232 e. The number of rotatable bonds is 4. The van der Waals surface area contributed by atoms with Crippen LogP contribution in [0.15, 0.2) is 29.6 Å². The highest BCUT2D eigenvalue weighted by atomic mass is 79.9. The van der Waals surface area contributed by atoms with Gasteiger partial charge in [-0.05, 0) is 62.5 Å². The van der Waals surface area contributed by atoms with E-state index in [1.54, 1.807) is 0 Å². The lowest BCUT2D eigenvalue weighted by molar-refractivity contribution is -0.138. The highest BCUT2D eigenvalue weighted by Gasteiger charge is 2.59. The second kappa shape index (κ2) is 6.91. The molecule has 2 unspecified atom stereocenters. The quantitative estimate of drug-likeness (QED) is 0.580. The molecule has 29 heavy (non-hydrogen) atoms. The van der Waals surface area contributed by atoms with Gasteiger partial charge in [0.1, 0.15) is 0 Å². The molecular formula is C22H24BrN3O2S. The van der Waals surface area contributed by atoms with Gasteiger partial charge < -0.3 is 10.6 Å². The number of thiazole rings is 1.